The highest BCUT2D eigenvalue weighted by Gasteiger charge is 2.45. The number of carbonyl (C=O) groups excluding carboxylic acids is 5. The summed E-state index contributed by atoms with van der Waals surface area (Å²) in [6.45, 7) is 1.98. The van der Waals surface area contributed by atoms with E-state index in [1.165, 1.54) is 18.2 Å². The van der Waals surface area contributed by atoms with Crippen LogP contribution in [0.25, 0.3) is 11.3 Å². The number of phenolic OH excluding ortho intramolecular Hbond substituents is 1. The first-order chi connectivity index (χ1) is 25.1. The lowest BCUT2D eigenvalue weighted by atomic mass is 9.94. The average Bonchev–Trinajstić information content (AvgIpc) is 3.39. The van der Waals surface area contributed by atoms with Crippen LogP contribution in [0, 0.1) is 5.92 Å². The zero-order chi connectivity index (χ0) is 36.8. The summed E-state index contributed by atoms with van der Waals surface area (Å²) in [7, 11) is 0. The third-order valence-corrected chi connectivity index (χ3v) is 9.26. The fourth-order valence-electron chi connectivity index (χ4n) is 6.56. The van der Waals surface area contributed by atoms with Gasteiger partial charge in [-0.05, 0) is 49.6 Å². The van der Waals surface area contributed by atoms with E-state index in [0.717, 1.165) is 10.6 Å². The van der Waals surface area contributed by atoms with Crippen LogP contribution >= 0.6 is 0 Å². The Morgan fingerprint density at radius 3 is 2.48 bits per heavy atom. The van der Waals surface area contributed by atoms with Crippen LogP contribution in [0.5, 0.6) is 5.75 Å². The minimum Gasteiger partial charge on any atom is -0.507 e. The topological polar surface area (TPSA) is 239 Å². The van der Waals surface area contributed by atoms with Gasteiger partial charge in [0.25, 0.3) is 11.8 Å². The van der Waals surface area contributed by atoms with Crippen LogP contribution in [0.3, 0.4) is 0 Å². The van der Waals surface area contributed by atoms with Crippen LogP contribution in [-0.4, -0.2) is 113 Å². The lowest BCUT2D eigenvalue weighted by Gasteiger charge is -2.36. The van der Waals surface area contributed by atoms with Crippen LogP contribution in [0.15, 0.2) is 48.5 Å². The van der Waals surface area contributed by atoms with Gasteiger partial charge in [0.2, 0.25) is 17.7 Å². The molecule has 2 atom stereocenters. The molecule has 3 aliphatic rings. The van der Waals surface area contributed by atoms with Gasteiger partial charge in [0.05, 0.1) is 48.0 Å². The van der Waals surface area contributed by atoms with Crippen LogP contribution in [0.2, 0.25) is 0 Å². The van der Waals surface area contributed by atoms with E-state index in [1.54, 1.807) is 18.2 Å². The molecule has 1 aromatic heterocycles. The summed E-state index contributed by atoms with van der Waals surface area (Å²) in [5.41, 5.74) is 8.10. The molecule has 0 radical (unpaired) electrons. The second kappa shape index (κ2) is 16.2. The Labute approximate surface area is 298 Å². The van der Waals surface area contributed by atoms with Crippen LogP contribution in [0.1, 0.15) is 46.4 Å². The summed E-state index contributed by atoms with van der Waals surface area (Å²) in [6, 6.07) is 12.0. The second-order valence-electron chi connectivity index (χ2n) is 12.6. The molecule has 0 bridgehead atoms. The van der Waals surface area contributed by atoms with E-state index >= 15 is 0 Å². The third-order valence-electron chi connectivity index (χ3n) is 9.26. The fraction of sp³-hybridized carbons (Fsp3) is 0.400. The standard InChI is InChI=1S/C35H40N8O9/c36-31-26(18-24(40-41-31)21-4-1-2-7-27(21)44)42-13-10-20(11-14-42)32(47)37-12-15-51-16-17-52-19-29(46)38-23-6-3-5-22-30(23)35(50)43(34(22)49)25-8-9-28(45)39-33(25)48/h1-7,18,20,25,32,37,44,47H,8-17,19H2,(H2,36,41)(H,38,46)(H,39,45,48). The molecule has 3 aliphatic heterocycles. The van der Waals surface area contributed by atoms with Crippen molar-refractivity contribution in [2.75, 3.05) is 62.0 Å². The summed E-state index contributed by atoms with van der Waals surface area (Å²) >= 11 is 0. The lowest BCUT2D eigenvalue weighted by Crippen LogP contribution is -2.54. The number of aliphatic hydroxyl groups excluding tert-OH is 1. The molecule has 2 unspecified atom stereocenters. The van der Waals surface area contributed by atoms with Gasteiger partial charge in [-0.25, -0.2) is 0 Å². The van der Waals surface area contributed by atoms with Gasteiger partial charge in [-0.2, -0.15) is 0 Å². The molecular formula is C35H40N8O9. The van der Waals surface area contributed by atoms with E-state index in [4.69, 9.17) is 15.2 Å². The van der Waals surface area contributed by atoms with Gasteiger partial charge in [-0.15, -0.1) is 10.2 Å². The fourth-order valence-corrected chi connectivity index (χ4v) is 6.56. The predicted molar refractivity (Wildman–Crippen MR) is 186 cm³/mol. The van der Waals surface area contributed by atoms with Gasteiger partial charge in [-0.1, -0.05) is 18.2 Å². The van der Waals surface area contributed by atoms with Crippen molar-refractivity contribution in [2.45, 2.75) is 38.0 Å². The molecule has 5 amide bonds. The molecule has 0 spiro atoms. The number of hydrogen-bond donors (Lipinski definition) is 6. The van der Waals surface area contributed by atoms with Crippen molar-refractivity contribution in [3.05, 3.63) is 59.7 Å². The van der Waals surface area contributed by atoms with E-state index in [9.17, 15) is 34.2 Å². The SMILES string of the molecule is Nc1nnc(-c2ccccc2O)cc1N1CCC(C(O)NCCOCCOCC(=O)Nc2cccc3c2C(=O)N(C2CCC(=O)NC2=O)C3=O)CC1. The number of hydrogen-bond acceptors (Lipinski definition) is 14. The van der Waals surface area contributed by atoms with Gasteiger partial charge in [-0.3, -0.25) is 39.5 Å². The number of rotatable bonds is 14. The van der Waals surface area contributed by atoms with Gasteiger partial charge >= 0.3 is 0 Å². The first-order valence-electron chi connectivity index (χ1n) is 17.0. The molecule has 52 heavy (non-hydrogen) atoms. The van der Waals surface area contributed by atoms with Crippen LogP contribution < -0.4 is 26.6 Å². The van der Waals surface area contributed by atoms with Gasteiger partial charge < -0.3 is 35.6 Å². The predicted octanol–water partition coefficient (Wildman–Crippen LogP) is 0.629. The van der Waals surface area contributed by atoms with Crippen molar-refractivity contribution in [3.8, 4) is 17.0 Å². The van der Waals surface area contributed by atoms with Crippen molar-refractivity contribution in [1.29, 1.82) is 0 Å². The van der Waals surface area contributed by atoms with E-state index in [0.29, 0.717) is 56.2 Å². The highest BCUT2D eigenvalue weighted by molar-refractivity contribution is 6.26. The van der Waals surface area contributed by atoms with E-state index in [2.05, 4.69) is 31.0 Å². The number of nitrogens with one attached hydrogen (secondary N) is 3. The Kier molecular flexibility index (Phi) is 11.3. The molecule has 4 heterocycles. The van der Waals surface area contributed by atoms with Crippen molar-refractivity contribution in [1.82, 2.24) is 25.7 Å². The first-order valence-corrected chi connectivity index (χ1v) is 17.0. The summed E-state index contributed by atoms with van der Waals surface area (Å²) < 4.78 is 11.0. The summed E-state index contributed by atoms with van der Waals surface area (Å²) in [5.74, 6) is -2.71. The number of imide groups is 2. The number of para-hydroxylation sites is 1. The summed E-state index contributed by atoms with van der Waals surface area (Å²) in [6.07, 6.45) is 0.728. The first kappa shape index (κ1) is 36.3. The zero-order valence-electron chi connectivity index (χ0n) is 28.2. The number of nitrogens with zero attached hydrogens (tertiary/aromatic N) is 4. The Morgan fingerprint density at radius 2 is 1.71 bits per heavy atom. The monoisotopic (exact) mass is 716 g/mol. The number of fused-ring (bicyclic) bond motifs is 1. The number of nitrogen functional groups attached to an aromatic ring is 1. The molecule has 6 rings (SSSR count). The molecule has 17 heteroatoms. The van der Waals surface area contributed by atoms with Gasteiger partial charge in [0.1, 0.15) is 24.6 Å². The van der Waals surface area contributed by atoms with Gasteiger partial charge in [0.15, 0.2) is 5.82 Å². The number of anilines is 3. The second-order valence-corrected chi connectivity index (χ2v) is 12.6. The van der Waals surface area contributed by atoms with Crippen molar-refractivity contribution >= 4 is 46.7 Å². The molecule has 274 valence electrons. The Hall–Kier alpha value is -5.49. The smallest absolute Gasteiger partial charge is 0.264 e. The van der Waals surface area contributed by atoms with E-state index < -0.39 is 41.8 Å². The number of aromatic hydroxyl groups is 1. The van der Waals surface area contributed by atoms with Crippen molar-refractivity contribution < 1.29 is 43.7 Å². The Balaban J connectivity index is 0.868. The van der Waals surface area contributed by atoms with E-state index in [-0.39, 0.29) is 61.1 Å². The number of phenols is 1. The molecule has 17 nitrogen and oxygen atoms in total. The number of aromatic nitrogens is 2. The number of ether oxygens (including phenoxy) is 2. The third kappa shape index (κ3) is 8.02. The molecule has 3 aromatic rings. The average molecular weight is 717 g/mol. The minimum absolute atomic E-state index is 0.00106. The Bertz CT molecular complexity index is 1850. The van der Waals surface area contributed by atoms with Crippen molar-refractivity contribution in [3.63, 3.8) is 0 Å². The van der Waals surface area contributed by atoms with Crippen molar-refractivity contribution in [2.24, 2.45) is 5.92 Å². The number of benzene rings is 2. The molecule has 7 N–H and O–H groups in total. The number of aliphatic hydroxyl groups is 1. The maximum absolute atomic E-state index is 13.2. The minimum atomic E-state index is -1.11. The number of amides is 5. The molecular weight excluding hydrogens is 676 g/mol. The quantitative estimate of drug-likeness (QED) is 0.0763. The molecule has 0 saturated carbocycles. The highest BCUT2D eigenvalue weighted by atomic mass is 16.5. The maximum atomic E-state index is 13.2. The maximum Gasteiger partial charge on any atom is 0.264 e. The molecule has 2 aromatic carbocycles. The van der Waals surface area contributed by atoms with Crippen LogP contribution in [-0.2, 0) is 23.9 Å². The number of nitrogens with two attached hydrogens (primary N) is 1. The number of carbonyl (C=O) groups is 5. The lowest BCUT2D eigenvalue weighted by molar-refractivity contribution is -0.136. The largest absolute Gasteiger partial charge is 0.507 e. The van der Waals surface area contributed by atoms with Gasteiger partial charge in [0, 0.05) is 37.5 Å². The summed E-state index contributed by atoms with van der Waals surface area (Å²) in [5, 5.41) is 37.0. The molecule has 0 aliphatic carbocycles. The number of piperidine rings is 2. The zero-order valence-corrected chi connectivity index (χ0v) is 28.2. The van der Waals surface area contributed by atoms with Crippen LogP contribution in [0.4, 0.5) is 17.2 Å². The highest BCUT2D eigenvalue weighted by Crippen LogP contribution is 2.34. The summed E-state index contributed by atoms with van der Waals surface area (Å²) in [4.78, 5) is 65.6. The van der Waals surface area contributed by atoms with E-state index in [1.807, 2.05) is 12.1 Å². The molecule has 2 fully saturated rings. The Morgan fingerprint density at radius 1 is 0.962 bits per heavy atom. The molecule has 2 saturated heterocycles. The normalized spacial score (nSPS) is 18.4.